The van der Waals surface area contributed by atoms with Crippen molar-refractivity contribution in [1.29, 1.82) is 0 Å². The van der Waals surface area contributed by atoms with E-state index in [1.54, 1.807) is 0 Å². The van der Waals surface area contributed by atoms with Crippen LogP contribution in [-0.2, 0) is 0 Å². The molecule has 0 aromatic rings. The van der Waals surface area contributed by atoms with Gasteiger partial charge in [-0.3, -0.25) is 0 Å². The van der Waals surface area contributed by atoms with Gasteiger partial charge in [-0.2, -0.15) is 30.7 Å². The predicted molar refractivity (Wildman–Crippen MR) is 49.0 cm³/mol. The quantitative estimate of drug-likeness (QED) is 0.391. The highest BCUT2D eigenvalue weighted by Crippen LogP contribution is 2.50. The Balaban J connectivity index is 5.08. The van der Waals surface area contributed by atoms with E-state index in [0.29, 0.717) is 0 Å². The molecular formula is C6H5Cl2F9Si. The lowest BCUT2D eigenvalue weighted by atomic mass is 10.1. The van der Waals surface area contributed by atoms with E-state index in [0.717, 1.165) is 0 Å². The van der Waals surface area contributed by atoms with Crippen molar-refractivity contribution >= 4 is 29.6 Å². The lowest BCUT2D eigenvalue weighted by Crippen LogP contribution is -2.58. The van der Waals surface area contributed by atoms with E-state index >= 15 is 0 Å². The van der Waals surface area contributed by atoms with Gasteiger partial charge in [-0.05, 0) is 0 Å². The Morgan fingerprint density at radius 3 is 1.39 bits per heavy atom. The summed E-state index contributed by atoms with van der Waals surface area (Å²) in [5.41, 5.74) is -5.43. The molecule has 0 rings (SSSR count). The molecule has 0 fully saturated rings. The average Bonchev–Trinajstić information content (AvgIpc) is 2.13. The SMILES string of the molecule is FC(F)(F)CCC(F)(F)C(F)(F)C(F)(F)[SiH](Cl)Cl. The Morgan fingerprint density at radius 1 is 0.722 bits per heavy atom. The van der Waals surface area contributed by atoms with Gasteiger partial charge >= 0.3 is 31.0 Å². The van der Waals surface area contributed by atoms with Crippen LogP contribution in [0.1, 0.15) is 12.8 Å². The zero-order valence-electron chi connectivity index (χ0n) is 8.15. The molecule has 0 N–H and O–H groups in total. The van der Waals surface area contributed by atoms with E-state index in [1.165, 1.54) is 0 Å². The first-order valence-electron chi connectivity index (χ1n) is 4.13. The fourth-order valence-electron chi connectivity index (χ4n) is 0.837. The second kappa shape index (κ2) is 5.27. The van der Waals surface area contributed by atoms with Crippen LogP contribution >= 0.6 is 22.2 Å². The van der Waals surface area contributed by atoms with Crippen LogP contribution in [0.25, 0.3) is 0 Å². The summed E-state index contributed by atoms with van der Waals surface area (Å²) in [5.74, 6) is -11.6. The van der Waals surface area contributed by atoms with E-state index in [1.807, 2.05) is 0 Å². The van der Waals surface area contributed by atoms with Crippen LogP contribution < -0.4 is 0 Å². The van der Waals surface area contributed by atoms with Crippen molar-refractivity contribution in [3.05, 3.63) is 0 Å². The van der Waals surface area contributed by atoms with E-state index < -0.39 is 43.8 Å². The van der Waals surface area contributed by atoms with E-state index in [4.69, 9.17) is 0 Å². The third kappa shape index (κ3) is 3.83. The first-order valence-corrected chi connectivity index (χ1v) is 8.20. The van der Waals surface area contributed by atoms with Crippen LogP contribution in [0.15, 0.2) is 0 Å². The largest absolute Gasteiger partial charge is 0.389 e. The molecule has 0 radical (unpaired) electrons. The molecule has 18 heavy (non-hydrogen) atoms. The van der Waals surface area contributed by atoms with Crippen LogP contribution in [0.5, 0.6) is 0 Å². The third-order valence-electron chi connectivity index (χ3n) is 1.87. The Labute approximate surface area is 106 Å². The first kappa shape index (κ1) is 18.2. The number of hydrogen-bond donors (Lipinski definition) is 0. The van der Waals surface area contributed by atoms with Gasteiger partial charge in [0.25, 0.3) is 0 Å². The smallest absolute Gasteiger partial charge is 0.202 e. The molecule has 0 atom stereocenters. The number of halogens is 11. The fourth-order valence-corrected chi connectivity index (χ4v) is 2.14. The first-order chi connectivity index (χ1) is 7.65. The molecule has 0 bridgehead atoms. The number of hydrogen-bond acceptors (Lipinski definition) is 0. The summed E-state index contributed by atoms with van der Waals surface area (Å²) in [5, 5.41) is 0. The van der Waals surface area contributed by atoms with Crippen LogP contribution in [0.3, 0.4) is 0 Å². The molecule has 0 aromatic carbocycles. The highest BCUT2D eigenvalue weighted by Gasteiger charge is 2.73. The zero-order chi connectivity index (χ0) is 15.0. The summed E-state index contributed by atoms with van der Waals surface area (Å²) in [4.78, 5) is 0. The van der Waals surface area contributed by atoms with Crippen molar-refractivity contribution in [2.24, 2.45) is 0 Å². The summed E-state index contributed by atoms with van der Waals surface area (Å²) in [6, 6.07) is 0. The lowest BCUT2D eigenvalue weighted by Gasteiger charge is -2.33. The van der Waals surface area contributed by atoms with Crippen molar-refractivity contribution in [2.75, 3.05) is 0 Å². The van der Waals surface area contributed by atoms with Gasteiger partial charge in [0.1, 0.15) is 0 Å². The van der Waals surface area contributed by atoms with Gasteiger partial charge in [0.2, 0.25) is 0 Å². The molecule has 0 aliphatic carbocycles. The highest BCUT2D eigenvalue weighted by molar-refractivity contribution is 7.34. The normalized spacial score (nSPS) is 15.3. The summed E-state index contributed by atoms with van der Waals surface area (Å²) in [6.07, 6.45) is -9.98. The predicted octanol–water partition coefficient (Wildman–Crippen LogP) is 4.47. The molecule has 0 heterocycles. The third-order valence-corrected chi connectivity index (χ3v) is 4.43. The molecule has 0 saturated carbocycles. The second-order valence-electron chi connectivity index (χ2n) is 3.32. The van der Waals surface area contributed by atoms with Crippen LogP contribution in [0, 0.1) is 0 Å². The molecule has 0 nitrogen and oxygen atoms in total. The fraction of sp³-hybridized carbons (Fsp3) is 1.00. The summed E-state index contributed by atoms with van der Waals surface area (Å²) in [6.45, 7) is 0. The average molecular weight is 347 g/mol. The molecule has 0 aliphatic rings. The molecule has 0 saturated heterocycles. The van der Waals surface area contributed by atoms with Gasteiger partial charge < -0.3 is 0 Å². The summed E-state index contributed by atoms with van der Waals surface area (Å²) < 4.78 is 111. The molecule has 0 unspecified atom stereocenters. The highest BCUT2D eigenvalue weighted by atomic mass is 35.7. The molecule has 0 aliphatic heterocycles. The minimum Gasteiger partial charge on any atom is -0.202 e. The van der Waals surface area contributed by atoms with Crippen molar-refractivity contribution in [2.45, 2.75) is 36.4 Å². The van der Waals surface area contributed by atoms with Crippen molar-refractivity contribution in [3.8, 4) is 0 Å². The second-order valence-corrected chi connectivity index (χ2v) is 7.93. The molecule has 0 aromatic heterocycles. The van der Waals surface area contributed by atoms with E-state index in [-0.39, 0.29) is 0 Å². The van der Waals surface area contributed by atoms with Gasteiger partial charge in [0.15, 0.2) is 0 Å². The van der Waals surface area contributed by atoms with Crippen molar-refractivity contribution in [1.82, 2.24) is 0 Å². The van der Waals surface area contributed by atoms with Gasteiger partial charge in [-0.1, -0.05) is 0 Å². The molecule has 0 amide bonds. The number of rotatable bonds is 5. The van der Waals surface area contributed by atoms with Crippen LogP contribution in [0.2, 0.25) is 0 Å². The Hall–Kier alpha value is 0.167. The van der Waals surface area contributed by atoms with Gasteiger partial charge in [-0.15, -0.1) is 22.2 Å². The zero-order valence-corrected chi connectivity index (χ0v) is 10.8. The molecule has 12 heteroatoms. The van der Waals surface area contributed by atoms with Crippen molar-refractivity contribution < 1.29 is 39.5 Å². The van der Waals surface area contributed by atoms with E-state index in [9.17, 15) is 39.5 Å². The summed E-state index contributed by atoms with van der Waals surface area (Å²) >= 11 is 9.14. The van der Waals surface area contributed by atoms with Gasteiger partial charge in [-0.25, -0.2) is 8.78 Å². The maximum absolute atomic E-state index is 12.8. The minimum absolute atomic E-state index is 2.33. The Morgan fingerprint density at radius 2 is 1.11 bits per heavy atom. The van der Waals surface area contributed by atoms with Crippen LogP contribution in [0.4, 0.5) is 39.5 Å². The van der Waals surface area contributed by atoms with Gasteiger partial charge in [0.05, 0.1) is 0 Å². The van der Waals surface area contributed by atoms with Crippen LogP contribution in [-0.4, -0.2) is 31.0 Å². The molecular weight excluding hydrogens is 342 g/mol. The summed E-state index contributed by atoms with van der Waals surface area (Å²) in [7, 11) is -4.57. The lowest BCUT2D eigenvalue weighted by molar-refractivity contribution is -0.288. The topological polar surface area (TPSA) is 0 Å². The molecule has 0 spiro atoms. The van der Waals surface area contributed by atoms with Crippen molar-refractivity contribution in [3.63, 3.8) is 0 Å². The minimum atomic E-state index is -6.04. The maximum Gasteiger partial charge on any atom is 0.389 e. The molecule has 110 valence electrons. The maximum atomic E-state index is 12.8. The monoisotopic (exact) mass is 346 g/mol. The standard InChI is InChI=1S/C6H5Cl2F9Si/c7-18(8)6(16,17)5(14,15)3(9,10)1-2-4(11,12)13/h18H,1-2H2. The van der Waals surface area contributed by atoms with Gasteiger partial charge in [0, 0.05) is 12.8 Å². The van der Waals surface area contributed by atoms with E-state index in [2.05, 4.69) is 22.2 Å². The Bertz CT molecular complexity index is 287. The Kier molecular flexibility index (Phi) is 5.32. The number of alkyl halides is 9.